The van der Waals surface area contributed by atoms with Gasteiger partial charge in [-0.15, -0.1) is 0 Å². The van der Waals surface area contributed by atoms with Crippen LogP contribution in [0.3, 0.4) is 0 Å². The highest BCUT2D eigenvalue weighted by atomic mass is 16.5. The first-order valence-corrected chi connectivity index (χ1v) is 9.74. The number of nitrogens with zero attached hydrogens (tertiary/aromatic N) is 2. The van der Waals surface area contributed by atoms with E-state index in [0.717, 1.165) is 50.2 Å². The first-order valence-electron chi connectivity index (χ1n) is 9.74. The van der Waals surface area contributed by atoms with Crippen molar-refractivity contribution in [3.05, 3.63) is 59.0 Å². The van der Waals surface area contributed by atoms with Crippen molar-refractivity contribution in [3.63, 3.8) is 0 Å². The van der Waals surface area contributed by atoms with Crippen LogP contribution in [0.15, 0.2) is 36.5 Å². The number of amides is 1. The lowest BCUT2D eigenvalue weighted by atomic mass is 9.83. The molecule has 27 heavy (non-hydrogen) atoms. The summed E-state index contributed by atoms with van der Waals surface area (Å²) in [6.07, 6.45) is 4.58. The van der Waals surface area contributed by atoms with Crippen molar-refractivity contribution < 1.29 is 9.53 Å². The Morgan fingerprint density at radius 3 is 2.70 bits per heavy atom. The molecule has 140 valence electrons. The van der Waals surface area contributed by atoms with Gasteiger partial charge in [-0.3, -0.25) is 4.79 Å². The van der Waals surface area contributed by atoms with E-state index in [9.17, 15) is 4.79 Å². The Morgan fingerprint density at radius 2 is 1.96 bits per heavy atom. The third-order valence-corrected chi connectivity index (χ3v) is 6.47. The largest absolute Gasteiger partial charge is 0.368 e. The van der Waals surface area contributed by atoms with Crippen LogP contribution in [0.1, 0.15) is 40.2 Å². The molecule has 1 saturated heterocycles. The zero-order valence-electron chi connectivity index (χ0n) is 15.9. The normalized spacial score (nSPS) is 18.8. The van der Waals surface area contributed by atoms with Crippen LogP contribution in [-0.4, -0.2) is 40.1 Å². The van der Waals surface area contributed by atoms with E-state index in [0.29, 0.717) is 0 Å². The van der Waals surface area contributed by atoms with Gasteiger partial charge in [0.25, 0.3) is 5.91 Å². The molecule has 1 N–H and O–H groups in total. The summed E-state index contributed by atoms with van der Waals surface area (Å²) in [6, 6.07) is 10.4. The lowest BCUT2D eigenvalue weighted by Crippen LogP contribution is -2.48. The summed E-state index contributed by atoms with van der Waals surface area (Å²) < 4.78 is 8.35. The number of carbonyl (C=O) groups excluding carboxylic acids is 1. The molecule has 5 rings (SSSR count). The molecule has 2 aromatic heterocycles. The van der Waals surface area contributed by atoms with Gasteiger partial charge in [-0.05, 0) is 43.9 Å². The highest BCUT2D eigenvalue weighted by Crippen LogP contribution is 2.43. The summed E-state index contributed by atoms with van der Waals surface area (Å²) in [6.45, 7) is 4.20. The number of para-hydroxylation sites is 1. The van der Waals surface area contributed by atoms with Gasteiger partial charge in [0.2, 0.25) is 0 Å². The number of H-pyrrole nitrogens is 1. The van der Waals surface area contributed by atoms with Crippen LogP contribution in [-0.2, 0) is 23.8 Å². The monoisotopic (exact) mass is 363 g/mol. The molecule has 3 aromatic rings. The van der Waals surface area contributed by atoms with Gasteiger partial charge in [0, 0.05) is 42.9 Å². The number of hydrogen-bond donors (Lipinski definition) is 1. The van der Waals surface area contributed by atoms with Gasteiger partial charge in [-0.25, -0.2) is 0 Å². The molecule has 0 bridgehead atoms. The molecule has 2 aliphatic rings. The third-order valence-electron chi connectivity index (χ3n) is 6.47. The number of carbonyl (C=O) groups is 1. The predicted molar refractivity (Wildman–Crippen MR) is 105 cm³/mol. The lowest BCUT2D eigenvalue weighted by molar-refractivity contribution is -0.0957. The summed E-state index contributed by atoms with van der Waals surface area (Å²) >= 11 is 0. The third kappa shape index (κ3) is 2.45. The molecule has 0 unspecified atom stereocenters. The lowest BCUT2D eigenvalue weighted by Gasteiger charge is -2.43. The van der Waals surface area contributed by atoms with Crippen molar-refractivity contribution in [2.75, 3.05) is 19.7 Å². The van der Waals surface area contributed by atoms with E-state index in [1.807, 2.05) is 35.7 Å². The SMILES string of the molecule is Cc1c(C(=O)N2CCC3(CC2)OCCc2c3[nH]c3ccccc23)ccn1C. The molecule has 0 saturated carbocycles. The Morgan fingerprint density at radius 1 is 1.19 bits per heavy atom. The number of aryl methyl sites for hydroxylation is 1. The Labute approximate surface area is 158 Å². The molecular formula is C22H25N3O2. The minimum atomic E-state index is -0.283. The molecule has 2 aliphatic heterocycles. The van der Waals surface area contributed by atoms with Crippen LogP contribution in [0, 0.1) is 6.92 Å². The number of piperidine rings is 1. The second kappa shape index (κ2) is 5.99. The number of likely N-dealkylation sites (tertiary alicyclic amines) is 1. The predicted octanol–water partition coefficient (Wildman–Crippen LogP) is 3.52. The maximum atomic E-state index is 13.0. The summed E-state index contributed by atoms with van der Waals surface area (Å²) in [5.74, 6) is 0.135. The van der Waals surface area contributed by atoms with Crippen LogP contribution >= 0.6 is 0 Å². The zero-order valence-corrected chi connectivity index (χ0v) is 15.9. The molecule has 4 heterocycles. The minimum Gasteiger partial charge on any atom is -0.368 e. The number of nitrogens with one attached hydrogen (secondary N) is 1. The fraction of sp³-hybridized carbons (Fsp3) is 0.409. The fourth-order valence-electron chi connectivity index (χ4n) is 4.74. The van der Waals surface area contributed by atoms with Crippen molar-refractivity contribution in [2.24, 2.45) is 7.05 Å². The number of fused-ring (bicyclic) bond motifs is 4. The second-order valence-corrected chi connectivity index (χ2v) is 7.83. The van der Waals surface area contributed by atoms with Gasteiger partial charge in [-0.2, -0.15) is 0 Å². The van der Waals surface area contributed by atoms with Crippen LogP contribution in [0.4, 0.5) is 0 Å². The van der Waals surface area contributed by atoms with Gasteiger partial charge in [0.1, 0.15) is 5.60 Å². The van der Waals surface area contributed by atoms with Gasteiger partial charge in [-0.1, -0.05) is 18.2 Å². The Balaban J connectivity index is 1.42. The van der Waals surface area contributed by atoms with Crippen molar-refractivity contribution in [1.82, 2.24) is 14.5 Å². The Bertz CT molecular complexity index is 1020. The van der Waals surface area contributed by atoms with Crippen molar-refractivity contribution in [1.29, 1.82) is 0 Å². The molecule has 5 nitrogen and oxygen atoms in total. The van der Waals surface area contributed by atoms with Crippen LogP contribution in [0.2, 0.25) is 0 Å². The van der Waals surface area contributed by atoms with Crippen molar-refractivity contribution in [2.45, 2.75) is 31.8 Å². The Hall–Kier alpha value is -2.53. The summed E-state index contributed by atoms with van der Waals surface area (Å²) in [5.41, 5.74) is 5.37. The quantitative estimate of drug-likeness (QED) is 0.719. The van der Waals surface area contributed by atoms with E-state index < -0.39 is 0 Å². The average Bonchev–Trinajstić information content (AvgIpc) is 3.24. The molecular weight excluding hydrogens is 338 g/mol. The van der Waals surface area contributed by atoms with E-state index in [-0.39, 0.29) is 11.5 Å². The van der Waals surface area contributed by atoms with E-state index in [1.54, 1.807) is 0 Å². The maximum absolute atomic E-state index is 13.0. The number of aromatic nitrogens is 2. The first-order chi connectivity index (χ1) is 13.1. The molecule has 0 radical (unpaired) electrons. The minimum absolute atomic E-state index is 0.135. The summed E-state index contributed by atoms with van der Waals surface area (Å²) in [4.78, 5) is 18.6. The van der Waals surface area contributed by atoms with E-state index in [4.69, 9.17) is 4.74 Å². The number of aromatic amines is 1. The van der Waals surface area contributed by atoms with Crippen LogP contribution in [0.25, 0.3) is 10.9 Å². The van der Waals surface area contributed by atoms with Crippen LogP contribution in [0.5, 0.6) is 0 Å². The van der Waals surface area contributed by atoms with E-state index in [1.165, 1.54) is 22.2 Å². The molecule has 1 amide bonds. The molecule has 1 aromatic carbocycles. The van der Waals surface area contributed by atoms with Gasteiger partial charge in [0.15, 0.2) is 0 Å². The van der Waals surface area contributed by atoms with Crippen molar-refractivity contribution >= 4 is 16.8 Å². The maximum Gasteiger partial charge on any atom is 0.255 e. The van der Waals surface area contributed by atoms with Crippen molar-refractivity contribution in [3.8, 4) is 0 Å². The second-order valence-electron chi connectivity index (χ2n) is 7.83. The van der Waals surface area contributed by atoms with Gasteiger partial charge >= 0.3 is 0 Å². The Kier molecular flexibility index (Phi) is 3.69. The fourth-order valence-corrected chi connectivity index (χ4v) is 4.74. The first kappa shape index (κ1) is 16.6. The molecule has 1 spiro atoms. The number of hydrogen-bond acceptors (Lipinski definition) is 2. The zero-order chi connectivity index (χ0) is 18.6. The molecule has 0 atom stereocenters. The van der Waals surface area contributed by atoms with Gasteiger partial charge in [0.05, 0.1) is 17.9 Å². The van der Waals surface area contributed by atoms with Gasteiger partial charge < -0.3 is 19.2 Å². The average molecular weight is 363 g/mol. The molecule has 1 fully saturated rings. The van der Waals surface area contributed by atoms with E-state index in [2.05, 4.69) is 29.2 Å². The highest BCUT2D eigenvalue weighted by molar-refractivity contribution is 5.95. The molecule has 0 aliphatic carbocycles. The smallest absolute Gasteiger partial charge is 0.255 e. The number of benzene rings is 1. The molecule has 5 heteroatoms. The number of ether oxygens (including phenoxy) is 1. The summed E-state index contributed by atoms with van der Waals surface area (Å²) in [7, 11) is 1.98. The summed E-state index contributed by atoms with van der Waals surface area (Å²) in [5, 5.41) is 1.31. The standard InChI is InChI=1S/C22H25N3O2/c1-15-16(7-11-24(15)2)21(26)25-12-9-22(10-13-25)20-18(8-14-27-22)17-5-3-4-6-19(17)23-20/h3-7,11,23H,8-10,12-14H2,1-2H3. The number of rotatable bonds is 1. The van der Waals surface area contributed by atoms with E-state index >= 15 is 0 Å². The van der Waals surface area contributed by atoms with Crippen LogP contribution < -0.4 is 0 Å². The topological polar surface area (TPSA) is 50.3 Å². The highest BCUT2D eigenvalue weighted by Gasteiger charge is 2.43.